The van der Waals surface area contributed by atoms with E-state index in [1.165, 1.54) is 0 Å². The van der Waals surface area contributed by atoms with Gasteiger partial charge in [-0.1, -0.05) is 0 Å². The third kappa shape index (κ3) is 4.25. The van der Waals surface area contributed by atoms with Crippen molar-refractivity contribution in [1.29, 1.82) is 0 Å². The summed E-state index contributed by atoms with van der Waals surface area (Å²) in [6.45, 7) is 0.881. The fourth-order valence-electron chi connectivity index (χ4n) is 0.997. The first-order chi connectivity index (χ1) is 7.27. The Morgan fingerprint density at radius 3 is 3.07 bits per heavy atom. The number of methoxy groups -OCH3 is 1. The lowest BCUT2D eigenvalue weighted by atomic mass is 10.5. The average Bonchev–Trinajstić information content (AvgIpc) is 2.26. The van der Waals surface area contributed by atoms with Gasteiger partial charge in [0.25, 0.3) is 0 Å². The lowest BCUT2D eigenvalue weighted by molar-refractivity contribution is 0.394. The van der Waals surface area contributed by atoms with Gasteiger partial charge in [-0.25, -0.2) is 4.98 Å². The number of hydrogen-bond donors (Lipinski definition) is 1. The topological polar surface area (TPSA) is 47.0 Å². The summed E-state index contributed by atoms with van der Waals surface area (Å²) in [6, 6.07) is 0. The summed E-state index contributed by atoms with van der Waals surface area (Å²) in [5, 5.41) is 3.14. The van der Waals surface area contributed by atoms with Gasteiger partial charge in [-0.15, -0.1) is 0 Å². The van der Waals surface area contributed by atoms with Gasteiger partial charge in [-0.3, -0.25) is 0 Å². The molecule has 0 fully saturated rings. The molecule has 0 saturated carbocycles. The standard InChI is InChI=1S/C9H14BrN3OS/c1-14-8-7(10)6-12-9(13-8)11-4-3-5-15-2/h6H,3-5H2,1-2H3,(H,11,12,13). The van der Waals surface area contributed by atoms with Crippen molar-refractivity contribution in [2.75, 3.05) is 31.0 Å². The third-order valence-electron chi connectivity index (χ3n) is 1.71. The van der Waals surface area contributed by atoms with Crippen molar-refractivity contribution < 1.29 is 4.74 Å². The Hall–Kier alpha value is -0.490. The average molecular weight is 292 g/mol. The molecule has 0 radical (unpaired) electrons. The van der Waals surface area contributed by atoms with Crippen LogP contribution in [0, 0.1) is 0 Å². The molecule has 4 nitrogen and oxygen atoms in total. The van der Waals surface area contributed by atoms with Gasteiger partial charge in [-0.05, 0) is 34.4 Å². The summed E-state index contributed by atoms with van der Waals surface area (Å²) in [7, 11) is 1.59. The molecular weight excluding hydrogens is 278 g/mol. The second-order valence-electron chi connectivity index (χ2n) is 2.82. The SMILES string of the molecule is COc1nc(NCCCSC)ncc1Br. The minimum atomic E-state index is 0.553. The van der Waals surface area contributed by atoms with E-state index in [2.05, 4.69) is 37.5 Å². The van der Waals surface area contributed by atoms with Crippen molar-refractivity contribution in [1.82, 2.24) is 9.97 Å². The molecule has 15 heavy (non-hydrogen) atoms. The highest BCUT2D eigenvalue weighted by Crippen LogP contribution is 2.21. The van der Waals surface area contributed by atoms with Crippen LogP contribution in [-0.4, -0.2) is 35.6 Å². The number of ether oxygens (including phenoxy) is 1. The number of thioether (sulfide) groups is 1. The van der Waals surface area contributed by atoms with Crippen LogP contribution in [0.3, 0.4) is 0 Å². The first-order valence-corrected chi connectivity index (χ1v) is 6.76. The summed E-state index contributed by atoms with van der Waals surface area (Å²) < 4.78 is 5.83. The molecule has 0 aromatic carbocycles. The Labute approximate surface area is 102 Å². The molecule has 0 unspecified atom stereocenters. The monoisotopic (exact) mass is 291 g/mol. The van der Waals surface area contributed by atoms with E-state index in [9.17, 15) is 0 Å². The molecule has 0 spiro atoms. The minimum Gasteiger partial charge on any atom is -0.480 e. The molecule has 0 aliphatic rings. The van der Waals surface area contributed by atoms with Gasteiger partial charge in [0, 0.05) is 6.54 Å². The van der Waals surface area contributed by atoms with E-state index in [-0.39, 0.29) is 0 Å². The maximum atomic E-state index is 5.07. The molecule has 0 atom stereocenters. The van der Waals surface area contributed by atoms with E-state index in [0.29, 0.717) is 11.8 Å². The molecule has 84 valence electrons. The first-order valence-electron chi connectivity index (χ1n) is 4.57. The predicted molar refractivity (Wildman–Crippen MR) is 67.8 cm³/mol. The van der Waals surface area contributed by atoms with E-state index in [4.69, 9.17) is 4.74 Å². The zero-order valence-corrected chi connectivity index (χ0v) is 11.2. The molecule has 0 aliphatic carbocycles. The van der Waals surface area contributed by atoms with Crippen molar-refractivity contribution in [2.45, 2.75) is 6.42 Å². The second kappa shape index (κ2) is 6.90. The van der Waals surface area contributed by atoms with E-state index in [0.717, 1.165) is 23.2 Å². The number of anilines is 1. The fraction of sp³-hybridized carbons (Fsp3) is 0.556. The quantitative estimate of drug-likeness (QED) is 0.816. The Morgan fingerprint density at radius 2 is 2.40 bits per heavy atom. The van der Waals surface area contributed by atoms with Gasteiger partial charge in [0.1, 0.15) is 0 Å². The number of aromatic nitrogens is 2. The fourth-order valence-corrected chi connectivity index (χ4v) is 1.78. The molecule has 0 aliphatic heterocycles. The van der Waals surface area contributed by atoms with Gasteiger partial charge in [-0.2, -0.15) is 16.7 Å². The largest absolute Gasteiger partial charge is 0.480 e. The molecule has 1 aromatic heterocycles. The van der Waals surface area contributed by atoms with Crippen LogP contribution in [0.2, 0.25) is 0 Å². The highest BCUT2D eigenvalue weighted by atomic mass is 79.9. The number of nitrogens with zero attached hydrogens (tertiary/aromatic N) is 2. The molecule has 0 bridgehead atoms. The summed E-state index contributed by atoms with van der Waals surface area (Å²) in [6.07, 6.45) is 4.88. The zero-order valence-electron chi connectivity index (χ0n) is 8.79. The van der Waals surface area contributed by atoms with Crippen molar-refractivity contribution in [3.05, 3.63) is 10.7 Å². The molecule has 1 heterocycles. The van der Waals surface area contributed by atoms with Gasteiger partial charge in [0.05, 0.1) is 17.8 Å². The molecule has 1 aromatic rings. The zero-order chi connectivity index (χ0) is 11.1. The maximum Gasteiger partial charge on any atom is 0.232 e. The van der Waals surface area contributed by atoms with Crippen LogP contribution in [0.1, 0.15) is 6.42 Å². The van der Waals surface area contributed by atoms with Crippen LogP contribution in [0.5, 0.6) is 5.88 Å². The summed E-state index contributed by atoms with van der Waals surface area (Å²) in [5.74, 6) is 2.30. The summed E-state index contributed by atoms with van der Waals surface area (Å²) in [4.78, 5) is 8.32. The van der Waals surface area contributed by atoms with Gasteiger partial charge in [0.2, 0.25) is 11.8 Å². The Kier molecular flexibility index (Phi) is 5.78. The van der Waals surface area contributed by atoms with E-state index in [1.807, 2.05) is 11.8 Å². The second-order valence-corrected chi connectivity index (χ2v) is 4.66. The molecule has 1 rings (SSSR count). The van der Waals surface area contributed by atoms with E-state index >= 15 is 0 Å². The van der Waals surface area contributed by atoms with Crippen LogP contribution >= 0.6 is 27.7 Å². The van der Waals surface area contributed by atoms with Crippen molar-refractivity contribution in [2.24, 2.45) is 0 Å². The van der Waals surface area contributed by atoms with Gasteiger partial charge in [0.15, 0.2) is 0 Å². The van der Waals surface area contributed by atoms with Crippen LogP contribution in [-0.2, 0) is 0 Å². The molecule has 0 saturated heterocycles. The number of rotatable bonds is 6. The summed E-state index contributed by atoms with van der Waals surface area (Å²) >= 11 is 5.14. The van der Waals surface area contributed by atoms with Crippen LogP contribution < -0.4 is 10.1 Å². The predicted octanol–water partition coefficient (Wildman–Crippen LogP) is 2.41. The highest BCUT2D eigenvalue weighted by molar-refractivity contribution is 9.10. The lowest BCUT2D eigenvalue weighted by Gasteiger charge is -2.06. The number of nitrogens with one attached hydrogen (secondary N) is 1. The Balaban J connectivity index is 2.47. The van der Waals surface area contributed by atoms with E-state index in [1.54, 1.807) is 13.3 Å². The molecular formula is C9H14BrN3OS. The van der Waals surface area contributed by atoms with Gasteiger partial charge < -0.3 is 10.1 Å². The molecule has 1 N–H and O–H groups in total. The molecule has 0 amide bonds. The molecule has 6 heteroatoms. The minimum absolute atomic E-state index is 0.553. The highest BCUT2D eigenvalue weighted by Gasteiger charge is 2.03. The van der Waals surface area contributed by atoms with Gasteiger partial charge >= 0.3 is 0 Å². The number of halogens is 1. The maximum absolute atomic E-state index is 5.07. The normalized spacial score (nSPS) is 10.1. The van der Waals surface area contributed by atoms with Crippen LogP contribution in [0.25, 0.3) is 0 Å². The first kappa shape index (κ1) is 12.6. The van der Waals surface area contributed by atoms with Crippen molar-refractivity contribution in [3.63, 3.8) is 0 Å². The Bertz CT molecular complexity index is 311. The van der Waals surface area contributed by atoms with E-state index < -0.39 is 0 Å². The van der Waals surface area contributed by atoms with Crippen molar-refractivity contribution in [3.8, 4) is 5.88 Å². The number of hydrogen-bond acceptors (Lipinski definition) is 5. The van der Waals surface area contributed by atoms with Crippen molar-refractivity contribution >= 4 is 33.6 Å². The lowest BCUT2D eigenvalue weighted by Crippen LogP contribution is -2.06. The van der Waals surface area contributed by atoms with Crippen LogP contribution in [0.4, 0.5) is 5.95 Å². The Morgan fingerprint density at radius 1 is 1.60 bits per heavy atom. The third-order valence-corrected chi connectivity index (χ3v) is 2.95. The summed E-state index contributed by atoms with van der Waals surface area (Å²) in [5.41, 5.74) is 0. The van der Waals surface area contributed by atoms with Crippen LogP contribution in [0.15, 0.2) is 10.7 Å². The smallest absolute Gasteiger partial charge is 0.232 e.